The van der Waals surface area contributed by atoms with Gasteiger partial charge in [0.15, 0.2) is 8.32 Å². The lowest BCUT2D eigenvalue weighted by atomic mass is 10.1. The minimum Gasteiger partial charge on any atom is -0.405 e. The van der Waals surface area contributed by atoms with E-state index in [1.807, 2.05) is 45.0 Å². The van der Waals surface area contributed by atoms with Gasteiger partial charge in [-0.2, -0.15) is 4.40 Å². The Hall–Kier alpha value is -0.493. The Balaban J connectivity index is 3.18. The second-order valence-electron chi connectivity index (χ2n) is 8.47. The van der Waals surface area contributed by atoms with E-state index in [-0.39, 0.29) is 11.1 Å². The highest BCUT2D eigenvalue weighted by Gasteiger charge is 2.39. The largest absolute Gasteiger partial charge is 0.405 e. The molecule has 136 valence electrons. The molecule has 0 radical (unpaired) electrons. The Bertz CT molecular complexity index is 618. The molecule has 1 rings (SSSR count). The predicted molar refractivity (Wildman–Crippen MR) is 109 cm³/mol. The average Bonchev–Trinajstić information content (AvgIpc) is 2.40. The molecular formula is C18H30ClNO2SSi. The first-order valence-electron chi connectivity index (χ1n) is 8.13. The molecule has 0 bridgehead atoms. The lowest BCUT2D eigenvalue weighted by molar-refractivity contribution is 0.251. The van der Waals surface area contributed by atoms with Crippen molar-refractivity contribution in [1.82, 2.24) is 0 Å². The molecule has 0 N–H and O–H groups in total. The monoisotopic (exact) mass is 387 g/mol. The number of nitrogens with zero attached hydrogens (tertiary/aromatic N) is 1. The summed E-state index contributed by atoms with van der Waals surface area (Å²) >= 11 is 6.14. The summed E-state index contributed by atoms with van der Waals surface area (Å²) in [6.07, 6.45) is 1.32. The predicted octanol–water partition coefficient (Wildman–Crippen LogP) is 5.94. The van der Waals surface area contributed by atoms with Gasteiger partial charge in [0.05, 0.1) is 4.75 Å². The van der Waals surface area contributed by atoms with E-state index < -0.39 is 24.1 Å². The lowest BCUT2D eigenvalue weighted by Gasteiger charge is -2.38. The number of hydrogen-bond donors (Lipinski definition) is 0. The smallest absolute Gasteiger partial charge is 0.193 e. The molecule has 1 aromatic carbocycles. The van der Waals surface area contributed by atoms with E-state index in [0.717, 1.165) is 5.56 Å². The highest BCUT2D eigenvalue weighted by atomic mass is 35.5. The third kappa shape index (κ3) is 6.10. The summed E-state index contributed by atoms with van der Waals surface area (Å²) < 4.78 is 22.6. The highest BCUT2D eigenvalue weighted by molar-refractivity contribution is 7.85. The van der Waals surface area contributed by atoms with Crippen LogP contribution < -0.4 is 0 Å². The highest BCUT2D eigenvalue weighted by Crippen LogP contribution is 2.39. The Labute approximate surface area is 155 Å². The molecule has 24 heavy (non-hydrogen) atoms. The normalized spacial score (nSPS) is 16.4. The van der Waals surface area contributed by atoms with Crippen molar-refractivity contribution in [2.24, 2.45) is 4.40 Å². The number of hydrogen-bond acceptors (Lipinski definition) is 2. The van der Waals surface area contributed by atoms with Gasteiger partial charge in [-0.3, -0.25) is 0 Å². The van der Waals surface area contributed by atoms with E-state index in [1.54, 1.807) is 6.21 Å². The van der Waals surface area contributed by atoms with E-state index in [1.165, 1.54) is 0 Å². The summed E-state index contributed by atoms with van der Waals surface area (Å²) in [6.45, 7) is 16.7. The molecule has 0 aliphatic heterocycles. The Morgan fingerprint density at radius 3 is 2.25 bits per heavy atom. The van der Waals surface area contributed by atoms with E-state index >= 15 is 0 Å². The zero-order valence-electron chi connectivity index (χ0n) is 16.0. The van der Waals surface area contributed by atoms with Crippen LogP contribution in [0.25, 0.3) is 0 Å². The molecule has 3 nitrogen and oxygen atoms in total. The average molecular weight is 388 g/mol. The maximum atomic E-state index is 12.3. The van der Waals surface area contributed by atoms with Crippen LogP contribution in [-0.4, -0.2) is 23.5 Å². The van der Waals surface area contributed by atoms with Crippen molar-refractivity contribution in [3.63, 3.8) is 0 Å². The second kappa shape index (κ2) is 7.81. The maximum Gasteiger partial charge on any atom is 0.193 e. The number of benzene rings is 1. The zero-order valence-corrected chi connectivity index (χ0v) is 18.6. The van der Waals surface area contributed by atoms with Crippen LogP contribution in [0.4, 0.5) is 0 Å². The Kier molecular flexibility index (Phi) is 7.01. The summed E-state index contributed by atoms with van der Waals surface area (Å²) in [7, 11) is -3.33. The van der Waals surface area contributed by atoms with Crippen LogP contribution in [-0.2, 0) is 15.4 Å². The third-order valence-corrected chi connectivity index (χ3v) is 10.3. The van der Waals surface area contributed by atoms with Gasteiger partial charge in [-0.05, 0) is 56.6 Å². The molecule has 0 aliphatic rings. The first-order valence-corrected chi connectivity index (χ1v) is 12.5. The lowest BCUT2D eigenvalue weighted by Crippen LogP contribution is -2.42. The standard InChI is InChI=1S/C18H30ClNO2SSi/c1-17(2,3)23(21)20-13-16(14-10-9-11-15(19)12-14)22-24(7,8)18(4,5)6/h9-13,16H,1-8H3/b20-13+. The van der Waals surface area contributed by atoms with Crippen molar-refractivity contribution in [2.45, 2.75) is 70.5 Å². The number of rotatable bonds is 5. The van der Waals surface area contributed by atoms with Crippen molar-refractivity contribution in [2.75, 3.05) is 0 Å². The van der Waals surface area contributed by atoms with Crippen molar-refractivity contribution >= 4 is 37.1 Å². The molecule has 0 spiro atoms. The summed E-state index contributed by atoms with van der Waals surface area (Å²) in [5.41, 5.74) is 0.932. The van der Waals surface area contributed by atoms with Crippen molar-refractivity contribution in [1.29, 1.82) is 0 Å². The van der Waals surface area contributed by atoms with Crippen LogP contribution in [0.15, 0.2) is 28.7 Å². The number of halogens is 1. The summed E-state index contributed by atoms with van der Waals surface area (Å²) in [4.78, 5) is 0. The van der Waals surface area contributed by atoms with Crippen LogP contribution >= 0.6 is 11.6 Å². The molecule has 0 saturated heterocycles. The van der Waals surface area contributed by atoms with Crippen LogP contribution in [0, 0.1) is 0 Å². The molecule has 0 heterocycles. The van der Waals surface area contributed by atoms with Gasteiger partial charge in [0.1, 0.15) is 17.1 Å². The second-order valence-corrected chi connectivity index (χ2v) is 15.6. The first kappa shape index (κ1) is 21.5. The molecule has 0 saturated carbocycles. The Morgan fingerprint density at radius 1 is 1.21 bits per heavy atom. The quantitative estimate of drug-likeness (QED) is 0.463. The molecule has 6 heteroatoms. The molecule has 0 fully saturated rings. The first-order chi connectivity index (χ1) is 10.7. The summed E-state index contributed by atoms with van der Waals surface area (Å²) in [5.74, 6) is 0. The van der Waals surface area contributed by atoms with Crippen molar-refractivity contribution in [3.05, 3.63) is 34.9 Å². The van der Waals surface area contributed by atoms with Crippen LogP contribution in [0.2, 0.25) is 23.2 Å². The van der Waals surface area contributed by atoms with Gasteiger partial charge in [-0.1, -0.05) is 44.5 Å². The summed E-state index contributed by atoms with van der Waals surface area (Å²) in [5, 5.41) is 0.725. The summed E-state index contributed by atoms with van der Waals surface area (Å²) in [6, 6.07) is 7.58. The maximum absolute atomic E-state index is 12.3. The van der Waals surface area contributed by atoms with E-state index in [9.17, 15) is 4.21 Å². The SMILES string of the molecule is CC(C)(C)S(=O)/N=C/C(O[Si](C)(C)C(C)(C)C)c1cccc(Cl)c1. The van der Waals surface area contributed by atoms with Crippen LogP contribution in [0.3, 0.4) is 0 Å². The van der Waals surface area contributed by atoms with Gasteiger partial charge in [0.2, 0.25) is 0 Å². The Morgan fingerprint density at radius 2 is 1.79 bits per heavy atom. The minimum atomic E-state index is -2.02. The fourth-order valence-electron chi connectivity index (χ4n) is 1.63. The zero-order chi connectivity index (χ0) is 18.8. The molecule has 0 aliphatic carbocycles. The van der Waals surface area contributed by atoms with Gasteiger partial charge in [0, 0.05) is 11.2 Å². The van der Waals surface area contributed by atoms with Crippen LogP contribution in [0.5, 0.6) is 0 Å². The molecule has 0 amide bonds. The topological polar surface area (TPSA) is 38.7 Å². The molecule has 2 unspecified atom stereocenters. The van der Waals surface area contributed by atoms with Gasteiger partial charge < -0.3 is 4.43 Å². The van der Waals surface area contributed by atoms with Gasteiger partial charge in [-0.15, -0.1) is 0 Å². The fraction of sp³-hybridized carbons (Fsp3) is 0.611. The van der Waals surface area contributed by atoms with Gasteiger partial charge in [-0.25, -0.2) is 4.21 Å². The van der Waals surface area contributed by atoms with Gasteiger partial charge in [0.25, 0.3) is 0 Å². The van der Waals surface area contributed by atoms with E-state index in [4.69, 9.17) is 16.0 Å². The van der Waals surface area contributed by atoms with E-state index in [0.29, 0.717) is 5.02 Å². The third-order valence-electron chi connectivity index (χ3n) is 4.22. The molecule has 0 aromatic heterocycles. The van der Waals surface area contributed by atoms with Crippen molar-refractivity contribution < 1.29 is 8.63 Å². The van der Waals surface area contributed by atoms with E-state index in [2.05, 4.69) is 38.3 Å². The molecule has 1 aromatic rings. The van der Waals surface area contributed by atoms with Crippen molar-refractivity contribution in [3.8, 4) is 0 Å². The minimum absolute atomic E-state index is 0.0703. The molecular weight excluding hydrogens is 358 g/mol. The molecule has 2 atom stereocenters. The van der Waals surface area contributed by atoms with Crippen LogP contribution in [0.1, 0.15) is 53.2 Å². The van der Waals surface area contributed by atoms with Gasteiger partial charge >= 0.3 is 0 Å². The fourth-order valence-corrected chi connectivity index (χ4v) is 3.55.